The number of nitrogens with one attached hydrogen (secondary N) is 1. The number of amides is 1. The van der Waals surface area contributed by atoms with E-state index < -0.39 is 5.97 Å². The van der Waals surface area contributed by atoms with Crippen molar-refractivity contribution in [2.75, 3.05) is 51.0 Å². The number of morpholine rings is 1. The number of carboxylic acids is 1. The molecule has 2 aliphatic heterocycles. The van der Waals surface area contributed by atoms with Crippen molar-refractivity contribution in [2.45, 2.75) is 18.6 Å². The second-order valence-corrected chi connectivity index (χ2v) is 6.30. The molecule has 0 bridgehead atoms. The van der Waals surface area contributed by atoms with Crippen molar-refractivity contribution in [3.63, 3.8) is 0 Å². The van der Waals surface area contributed by atoms with Gasteiger partial charge in [-0.05, 0) is 18.6 Å². The summed E-state index contributed by atoms with van der Waals surface area (Å²) in [4.78, 5) is 25.7. The monoisotopic (exact) mass is 364 g/mol. The number of carbonyl (C=O) groups excluding carboxylic acids is 1. The molecule has 8 heteroatoms. The molecule has 0 aromatic heterocycles. The van der Waals surface area contributed by atoms with Gasteiger partial charge in [0.2, 0.25) is 0 Å². The van der Waals surface area contributed by atoms with Gasteiger partial charge < -0.3 is 29.5 Å². The third-order valence-corrected chi connectivity index (χ3v) is 4.53. The normalized spacial score (nSPS) is 23.5. The summed E-state index contributed by atoms with van der Waals surface area (Å²) < 4.78 is 16.2. The first-order chi connectivity index (χ1) is 12.6. The molecule has 0 saturated carbocycles. The van der Waals surface area contributed by atoms with Gasteiger partial charge in [-0.2, -0.15) is 0 Å². The lowest BCUT2D eigenvalue weighted by Gasteiger charge is -2.33. The van der Waals surface area contributed by atoms with Crippen LogP contribution in [0.3, 0.4) is 0 Å². The smallest absolute Gasteiger partial charge is 0.329 e. The lowest BCUT2D eigenvalue weighted by Crippen LogP contribution is -2.51. The fourth-order valence-electron chi connectivity index (χ4n) is 3.22. The summed E-state index contributed by atoms with van der Waals surface area (Å²) in [6.45, 7) is 3.15. The molecule has 8 nitrogen and oxygen atoms in total. The molecule has 2 fully saturated rings. The maximum atomic E-state index is 12.9. The first kappa shape index (κ1) is 18.6. The number of ether oxygens (including phenoxy) is 3. The number of para-hydroxylation sites is 1. The number of hydrogen-bond acceptors (Lipinski definition) is 6. The summed E-state index contributed by atoms with van der Waals surface area (Å²) in [5.74, 6) is -1.24. The molecule has 0 radical (unpaired) electrons. The molecule has 26 heavy (non-hydrogen) atoms. The maximum Gasteiger partial charge on any atom is 0.329 e. The Morgan fingerprint density at radius 1 is 1.19 bits per heavy atom. The number of carbonyl (C=O) groups is 2. The highest BCUT2D eigenvalue weighted by atomic mass is 16.5. The van der Waals surface area contributed by atoms with Crippen LogP contribution in [0.2, 0.25) is 0 Å². The molecule has 1 amide bonds. The largest absolute Gasteiger partial charge is 0.480 e. The molecule has 0 unspecified atom stereocenters. The van der Waals surface area contributed by atoms with Gasteiger partial charge in [0.05, 0.1) is 37.5 Å². The van der Waals surface area contributed by atoms with E-state index in [4.69, 9.17) is 19.3 Å². The first-order valence-corrected chi connectivity index (χ1v) is 8.79. The molecular formula is C18H24N2O6. The van der Waals surface area contributed by atoms with Crippen LogP contribution in [-0.4, -0.2) is 75.3 Å². The van der Waals surface area contributed by atoms with Crippen molar-refractivity contribution in [3.8, 4) is 0 Å². The Balaban J connectivity index is 1.69. The average Bonchev–Trinajstić information content (AvgIpc) is 2.68. The zero-order valence-electron chi connectivity index (χ0n) is 14.6. The summed E-state index contributed by atoms with van der Waals surface area (Å²) in [5, 5.41) is 11.8. The zero-order valence-corrected chi connectivity index (χ0v) is 14.6. The average molecular weight is 364 g/mol. The van der Waals surface area contributed by atoms with Crippen molar-refractivity contribution in [3.05, 3.63) is 29.8 Å². The van der Waals surface area contributed by atoms with Gasteiger partial charge in [0.1, 0.15) is 6.61 Å². The van der Waals surface area contributed by atoms with E-state index in [0.717, 1.165) is 18.8 Å². The van der Waals surface area contributed by atoms with Crippen LogP contribution in [0.1, 0.15) is 16.8 Å². The predicted molar refractivity (Wildman–Crippen MR) is 93.5 cm³/mol. The van der Waals surface area contributed by atoms with Gasteiger partial charge >= 0.3 is 5.97 Å². The number of rotatable bonds is 6. The van der Waals surface area contributed by atoms with Crippen molar-refractivity contribution in [1.29, 1.82) is 0 Å². The summed E-state index contributed by atoms with van der Waals surface area (Å²) in [6, 6.07) is 7.07. The minimum Gasteiger partial charge on any atom is -0.480 e. The molecule has 0 aliphatic carbocycles. The third-order valence-electron chi connectivity index (χ3n) is 4.53. The SMILES string of the molecule is O=C(O)CO[C@H]1CCOC[C@H]1NC(=O)c1ccccc1N1CCOCC1. The molecule has 1 aromatic carbocycles. The van der Waals surface area contributed by atoms with E-state index in [-0.39, 0.29) is 24.7 Å². The molecule has 142 valence electrons. The first-order valence-electron chi connectivity index (χ1n) is 8.79. The Hall–Kier alpha value is -2.16. The standard InChI is InChI=1S/C18H24N2O6/c21-17(22)12-26-16-5-8-25-11-14(16)19-18(23)13-3-1-2-4-15(13)20-6-9-24-10-7-20/h1-4,14,16H,5-12H2,(H,19,23)(H,21,22)/t14-,16+/m1/s1. The fraction of sp³-hybridized carbons (Fsp3) is 0.556. The van der Waals surface area contributed by atoms with Gasteiger partial charge in [0.15, 0.2) is 0 Å². The number of benzene rings is 1. The fourth-order valence-corrected chi connectivity index (χ4v) is 3.22. The molecule has 2 heterocycles. The molecule has 2 saturated heterocycles. The van der Waals surface area contributed by atoms with E-state index in [2.05, 4.69) is 10.2 Å². The number of hydrogen-bond donors (Lipinski definition) is 2. The van der Waals surface area contributed by atoms with E-state index in [0.29, 0.717) is 38.4 Å². The Bertz CT molecular complexity index is 632. The second-order valence-electron chi connectivity index (χ2n) is 6.30. The highest BCUT2D eigenvalue weighted by molar-refractivity contribution is 6.00. The van der Waals surface area contributed by atoms with E-state index in [1.807, 2.05) is 18.2 Å². The molecule has 0 spiro atoms. The van der Waals surface area contributed by atoms with Crippen molar-refractivity contribution < 1.29 is 28.9 Å². The highest BCUT2D eigenvalue weighted by Gasteiger charge is 2.30. The molecule has 2 N–H and O–H groups in total. The molecule has 1 aromatic rings. The number of carboxylic acid groups (broad SMARTS) is 1. The lowest BCUT2D eigenvalue weighted by molar-refractivity contribution is -0.147. The third kappa shape index (κ3) is 4.72. The van der Waals surface area contributed by atoms with Crippen LogP contribution in [0.4, 0.5) is 5.69 Å². The minimum atomic E-state index is -1.03. The highest BCUT2D eigenvalue weighted by Crippen LogP contribution is 2.22. The van der Waals surface area contributed by atoms with Crippen LogP contribution in [0.5, 0.6) is 0 Å². The van der Waals surface area contributed by atoms with Crippen LogP contribution in [-0.2, 0) is 19.0 Å². The van der Waals surface area contributed by atoms with Crippen molar-refractivity contribution in [2.24, 2.45) is 0 Å². The van der Waals surface area contributed by atoms with Crippen LogP contribution in [0.15, 0.2) is 24.3 Å². The van der Waals surface area contributed by atoms with Gasteiger partial charge in [-0.25, -0.2) is 4.79 Å². The van der Waals surface area contributed by atoms with Crippen molar-refractivity contribution >= 4 is 17.6 Å². The topological polar surface area (TPSA) is 97.3 Å². The Morgan fingerprint density at radius 3 is 2.73 bits per heavy atom. The maximum absolute atomic E-state index is 12.9. The van der Waals surface area contributed by atoms with Crippen LogP contribution >= 0.6 is 0 Å². The summed E-state index contributed by atoms with van der Waals surface area (Å²) >= 11 is 0. The zero-order chi connectivity index (χ0) is 18.4. The molecule has 2 aliphatic rings. The van der Waals surface area contributed by atoms with Crippen molar-refractivity contribution in [1.82, 2.24) is 5.32 Å². The summed E-state index contributed by atoms with van der Waals surface area (Å²) in [5.41, 5.74) is 1.45. The van der Waals surface area contributed by atoms with E-state index in [1.54, 1.807) is 6.07 Å². The number of aliphatic carboxylic acids is 1. The summed E-state index contributed by atoms with van der Waals surface area (Å²) in [6.07, 6.45) is 0.169. The van der Waals surface area contributed by atoms with Gasteiger partial charge in [0, 0.05) is 25.4 Å². The van der Waals surface area contributed by atoms with Gasteiger partial charge in [-0.3, -0.25) is 4.79 Å². The quantitative estimate of drug-likeness (QED) is 0.759. The van der Waals surface area contributed by atoms with E-state index >= 15 is 0 Å². The number of anilines is 1. The summed E-state index contributed by atoms with van der Waals surface area (Å²) in [7, 11) is 0. The molecule has 3 rings (SSSR count). The minimum absolute atomic E-state index is 0.216. The Labute approximate surface area is 152 Å². The van der Waals surface area contributed by atoms with Crippen LogP contribution < -0.4 is 10.2 Å². The Kier molecular flexibility index (Phi) is 6.43. The van der Waals surface area contributed by atoms with E-state index in [9.17, 15) is 9.59 Å². The van der Waals surface area contributed by atoms with E-state index in [1.165, 1.54) is 0 Å². The molecule has 2 atom stereocenters. The second kappa shape index (κ2) is 8.98. The number of nitrogens with zero attached hydrogens (tertiary/aromatic N) is 1. The predicted octanol–water partition coefficient (Wildman–Crippen LogP) is 0.512. The lowest BCUT2D eigenvalue weighted by atomic mass is 10.0. The molecular weight excluding hydrogens is 340 g/mol. The van der Waals surface area contributed by atoms with Gasteiger partial charge in [-0.1, -0.05) is 12.1 Å². The van der Waals surface area contributed by atoms with Crippen LogP contribution in [0.25, 0.3) is 0 Å². The van der Waals surface area contributed by atoms with Gasteiger partial charge in [-0.15, -0.1) is 0 Å². The van der Waals surface area contributed by atoms with Crippen LogP contribution in [0, 0.1) is 0 Å². The Morgan fingerprint density at radius 2 is 1.96 bits per heavy atom. The van der Waals surface area contributed by atoms with Gasteiger partial charge in [0.25, 0.3) is 5.91 Å².